The number of nitrogens with zero attached hydrogens (tertiary/aromatic N) is 2. The molecule has 5 nitrogen and oxygen atoms in total. The third-order valence-corrected chi connectivity index (χ3v) is 3.45. The van der Waals surface area contributed by atoms with E-state index in [1.807, 2.05) is 6.92 Å². The molecule has 2 aromatic rings. The first kappa shape index (κ1) is 14.8. The summed E-state index contributed by atoms with van der Waals surface area (Å²) in [5, 5.41) is 3.75. The number of aromatic nitrogens is 2. The highest BCUT2D eigenvalue weighted by Crippen LogP contribution is 2.37. The predicted octanol–water partition coefficient (Wildman–Crippen LogP) is 3.66. The van der Waals surface area contributed by atoms with E-state index in [0.29, 0.717) is 6.61 Å². The van der Waals surface area contributed by atoms with Gasteiger partial charge < -0.3 is 14.0 Å². The van der Waals surface area contributed by atoms with Crippen molar-refractivity contribution in [3.63, 3.8) is 0 Å². The molecule has 0 radical (unpaired) electrons. The molecule has 0 bridgehead atoms. The SMILES string of the molecule is C[C@]1(c2nc(-c3ccccc3OC(F)(F)F)no2)CCCO1. The Kier molecular flexibility index (Phi) is 3.56. The van der Waals surface area contributed by atoms with Crippen molar-refractivity contribution in [2.45, 2.75) is 31.7 Å². The summed E-state index contributed by atoms with van der Waals surface area (Å²) in [6.07, 6.45) is -3.21. The quantitative estimate of drug-likeness (QED) is 0.865. The highest BCUT2D eigenvalue weighted by molar-refractivity contribution is 5.63. The van der Waals surface area contributed by atoms with Crippen molar-refractivity contribution in [1.29, 1.82) is 0 Å². The van der Waals surface area contributed by atoms with E-state index in [1.54, 1.807) is 6.07 Å². The summed E-state index contributed by atoms with van der Waals surface area (Å²) in [6, 6.07) is 5.65. The normalized spacial score (nSPS) is 22.0. The minimum absolute atomic E-state index is 0.0339. The Hall–Kier alpha value is -2.09. The van der Waals surface area contributed by atoms with Crippen LogP contribution in [0, 0.1) is 0 Å². The van der Waals surface area contributed by atoms with Gasteiger partial charge in [-0.1, -0.05) is 17.3 Å². The maximum absolute atomic E-state index is 12.4. The van der Waals surface area contributed by atoms with Crippen LogP contribution in [0.15, 0.2) is 28.8 Å². The molecule has 1 aliphatic heterocycles. The molecular formula is C14H13F3N2O3. The number of hydrogen-bond acceptors (Lipinski definition) is 5. The van der Waals surface area contributed by atoms with E-state index in [1.165, 1.54) is 18.2 Å². The highest BCUT2D eigenvalue weighted by atomic mass is 19.4. The summed E-state index contributed by atoms with van der Waals surface area (Å²) in [4.78, 5) is 4.17. The lowest BCUT2D eigenvalue weighted by molar-refractivity contribution is -0.274. The van der Waals surface area contributed by atoms with Crippen LogP contribution in [0.3, 0.4) is 0 Å². The Morgan fingerprint density at radius 1 is 1.27 bits per heavy atom. The van der Waals surface area contributed by atoms with Gasteiger partial charge in [-0.2, -0.15) is 4.98 Å². The molecule has 1 aromatic heterocycles. The zero-order valence-corrected chi connectivity index (χ0v) is 11.7. The number of ether oxygens (including phenoxy) is 2. The van der Waals surface area contributed by atoms with Crippen LogP contribution in [0.1, 0.15) is 25.7 Å². The van der Waals surface area contributed by atoms with Crippen LogP contribution in [0.5, 0.6) is 5.75 Å². The molecule has 1 aliphatic rings. The van der Waals surface area contributed by atoms with Crippen LogP contribution < -0.4 is 4.74 Å². The molecule has 0 N–H and O–H groups in total. The number of halogens is 3. The summed E-state index contributed by atoms with van der Waals surface area (Å²) >= 11 is 0. The first-order valence-electron chi connectivity index (χ1n) is 6.71. The summed E-state index contributed by atoms with van der Waals surface area (Å²) in [7, 11) is 0. The lowest BCUT2D eigenvalue weighted by atomic mass is 10.0. The van der Waals surface area contributed by atoms with Gasteiger partial charge in [-0.05, 0) is 31.9 Å². The maximum atomic E-state index is 12.4. The molecule has 0 unspecified atom stereocenters. The van der Waals surface area contributed by atoms with Gasteiger partial charge in [0.25, 0.3) is 5.89 Å². The second-order valence-electron chi connectivity index (χ2n) is 5.15. The van der Waals surface area contributed by atoms with Gasteiger partial charge in [0.15, 0.2) is 0 Å². The molecule has 118 valence electrons. The van der Waals surface area contributed by atoms with E-state index >= 15 is 0 Å². The van der Waals surface area contributed by atoms with E-state index in [4.69, 9.17) is 9.26 Å². The maximum Gasteiger partial charge on any atom is 0.573 e. The molecule has 1 aromatic carbocycles. The summed E-state index contributed by atoms with van der Waals surface area (Å²) in [5.41, 5.74) is -0.582. The van der Waals surface area contributed by atoms with E-state index < -0.39 is 12.0 Å². The summed E-state index contributed by atoms with van der Waals surface area (Å²) in [6.45, 7) is 2.40. The molecule has 22 heavy (non-hydrogen) atoms. The van der Waals surface area contributed by atoms with E-state index in [2.05, 4.69) is 14.9 Å². The van der Waals surface area contributed by atoms with Gasteiger partial charge >= 0.3 is 6.36 Å². The van der Waals surface area contributed by atoms with Crippen molar-refractivity contribution in [1.82, 2.24) is 10.1 Å². The van der Waals surface area contributed by atoms with Crippen LogP contribution in [-0.4, -0.2) is 23.1 Å². The van der Waals surface area contributed by atoms with Gasteiger partial charge in [-0.25, -0.2) is 0 Å². The van der Waals surface area contributed by atoms with Crippen LogP contribution in [-0.2, 0) is 10.3 Å². The average Bonchev–Trinajstić information content (AvgIpc) is 3.07. The van der Waals surface area contributed by atoms with Crippen LogP contribution in [0.25, 0.3) is 11.4 Å². The van der Waals surface area contributed by atoms with Gasteiger partial charge in [0.2, 0.25) is 5.82 Å². The monoisotopic (exact) mass is 314 g/mol. The lowest BCUT2D eigenvalue weighted by Gasteiger charge is -2.17. The standard InChI is InChI=1S/C14H13F3N2O3/c1-13(7-4-8-20-13)12-18-11(19-22-12)9-5-2-3-6-10(9)21-14(15,16)17/h2-3,5-6H,4,7-8H2,1H3/t13-/m1/s1. The van der Waals surface area contributed by atoms with Crippen molar-refractivity contribution < 1.29 is 27.2 Å². The Morgan fingerprint density at radius 3 is 2.73 bits per heavy atom. The topological polar surface area (TPSA) is 57.4 Å². The minimum Gasteiger partial charge on any atom is -0.405 e. The number of rotatable bonds is 3. The summed E-state index contributed by atoms with van der Waals surface area (Å²) in [5.74, 6) is -0.0896. The number of hydrogen-bond donors (Lipinski definition) is 0. The fourth-order valence-corrected chi connectivity index (χ4v) is 2.36. The second kappa shape index (κ2) is 5.28. The molecule has 0 saturated carbocycles. The van der Waals surface area contributed by atoms with Crippen molar-refractivity contribution in [2.24, 2.45) is 0 Å². The predicted molar refractivity (Wildman–Crippen MR) is 69.0 cm³/mol. The van der Waals surface area contributed by atoms with Gasteiger partial charge in [0.05, 0.1) is 5.56 Å². The lowest BCUT2D eigenvalue weighted by Crippen LogP contribution is -2.20. The molecular weight excluding hydrogens is 301 g/mol. The number of benzene rings is 1. The fourth-order valence-electron chi connectivity index (χ4n) is 2.36. The second-order valence-corrected chi connectivity index (χ2v) is 5.15. The molecule has 1 fully saturated rings. The molecule has 2 heterocycles. The van der Waals surface area contributed by atoms with E-state index in [9.17, 15) is 13.2 Å². The van der Waals surface area contributed by atoms with Crippen molar-refractivity contribution in [3.8, 4) is 17.1 Å². The molecule has 1 atom stereocenters. The van der Waals surface area contributed by atoms with Crippen LogP contribution in [0.4, 0.5) is 13.2 Å². The smallest absolute Gasteiger partial charge is 0.405 e. The number of para-hydroxylation sites is 1. The van der Waals surface area contributed by atoms with Gasteiger partial charge in [0.1, 0.15) is 11.4 Å². The highest BCUT2D eigenvalue weighted by Gasteiger charge is 2.38. The molecule has 0 amide bonds. The molecule has 0 aliphatic carbocycles. The largest absolute Gasteiger partial charge is 0.573 e. The zero-order valence-electron chi connectivity index (χ0n) is 11.7. The third-order valence-electron chi connectivity index (χ3n) is 3.45. The third kappa shape index (κ3) is 2.92. The van der Waals surface area contributed by atoms with E-state index in [0.717, 1.165) is 12.8 Å². The van der Waals surface area contributed by atoms with Crippen molar-refractivity contribution in [2.75, 3.05) is 6.61 Å². The minimum atomic E-state index is -4.79. The Morgan fingerprint density at radius 2 is 2.05 bits per heavy atom. The van der Waals surface area contributed by atoms with E-state index in [-0.39, 0.29) is 23.0 Å². The van der Waals surface area contributed by atoms with Crippen molar-refractivity contribution in [3.05, 3.63) is 30.2 Å². The Labute approximate surface area is 124 Å². The van der Waals surface area contributed by atoms with Crippen LogP contribution in [0.2, 0.25) is 0 Å². The summed E-state index contributed by atoms with van der Waals surface area (Å²) < 4.78 is 52.1. The number of alkyl halides is 3. The Balaban J connectivity index is 1.94. The van der Waals surface area contributed by atoms with Gasteiger partial charge in [-0.15, -0.1) is 13.2 Å². The molecule has 0 spiro atoms. The molecule has 8 heteroatoms. The zero-order chi connectivity index (χ0) is 15.8. The fraction of sp³-hybridized carbons (Fsp3) is 0.429. The van der Waals surface area contributed by atoms with Crippen molar-refractivity contribution >= 4 is 0 Å². The van der Waals surface area contributed by atoms with Crippen LogP contribution >= 0.6 is 0 Å². The van der Waals surface area contributed by atoms with Gasteiger partial charge in [-0.3, -0.25) is 0 Å². The molecule has 1 saturated heterocycles. The first-order valence-corrected chi connectivity index (χ1v) is 6.71. The Bertz CT molecular complexity index is 663. The van der Waals surface area contributed by atoms with Gasteiger partial charge in [0, 0.05) is 6.61 Å². The average molecular weight is 314 g/mol. The first-order chi connectivity index (χ1) is 10.4. The molecule has 3 rings (SSSR count).